The van der Waals surface area contributed by atoms with Crippen molar-refractivity contribution in [3.63, 3.8) is 0 Å². The van der Waals surface area contributed by atoms with Crippen LogP contribution in [-0.4, -0.2) is 66.7 Å². The number of nitrogens with one attached hydrogen (secondary N) is 1. The molecule has 1 fully saturated rings. The van der Waals surface area contributed by atoms with Gasteiger partial charge in [0.15, 0.2) is 0 Å². The van der Waals surface area contributed by atoms with Crippen molar-refractivity contribution in [2.45, 2.75) is 32.8 Å². The quantitative estimate of drug-likeness (QED) is 0.801. The highest BCUT2D eigenvalue weighted by atomic mass is 35.5. The Bertz CT molecular complexity index is 669. The van der Waals surface area contributed by atoms with E-state index in [-0.39, 0.29) is 18.4 Å². The zero-order valence-corrected chi connectivity index (χ0v) is 17.6. The Morgan fingerprint density at radius 3 is 2.37 bits per heavy atom. The van der Waals surface area contributed by atoms with E-state index < -0.39 is 5.60 Å². The van der Waals surface area contributed by atoms with E-state index in [1.807, 2.05) is 20.8 Å². The van der Waals surface area contributed by atoms with E-state index in [1.165, 1.54) is 0 Å². The lowest BCUT2D eigenvalue weighted by atomic mass is 10.1. The fraction of sp³-hybridized carbons (Fsp3) is 0.579. The van der Waals surface area contributed by atoms with Crippen molar-refractivity contribution in [1.29, 1.82) is 0 Å². The van der Waals surface area contributed by atoms with Gasteiger partial charge in [-0.1, -0.05) is 29.3 Å². The monoisotopic (exact) mass is 415 g/mol. The van der Waals surface area contributed by atoms with Gasteiger partial charge in [-0.15, -0.1) is 0 Å². The third kappa shape index (κ3) is 7.56. The van der Waals surface area contributed by atoms with E-state index in [0.717, 1.165) is 25.2 Å². The van der Waals surface area contributed by atoms with Gasteiger partial charge in [0.25, 0.3) is 0 Å². The van der Waals surface area contributed by atoms with E-state index in [4.69, 9.17) is 27.9 Å². The molecule has 6 nitrogen and oxygen atoms in total. The van der Waals surface area contributed by atoms with Gasteiger partial charge in [0.05, 0.1) is 16.5 Å². The van der Waals surface area contributed by atoms with E-state index >= 15 is 0 Å². The average Bonchev–Trinajstić information content (AvgIpc) is 2.57. The summed E-state index contributed by atoms with van der Waals surface area (Å²) in [5.74, 6) is -0.0548. The van der Waals surface area contributed by atoms with Crippen molar-refractivity contribution in [3.05, 3.63) is 33.8 Å². The Labute approximate surface area is 170 Å². The first-order valence-electron chi connectivity index (χ1n) is 9.05. The second-order valence-corrected chi connectivity index (χ2v) is 8.40. The molecule has 1 aliphatic heterocycles. The van der Waals surface area contributed by atoms with Crippen molar-refractivity contribution < 1.29 is 14.3 Å². The van der Waals surface area contributed by atoms with Gasteiger partial charge in [-0.25, -0.2) is 4.79 Å². The zero-order valence-electron chi connectivity index (χ0n) is 16.1. The number of nitrogens with zero attached hydrogens (tertiary/aromatic N) is 2. The van der Waals surface area contributed by atoms with Gasteiger partial charge in [-0.2, -0.15) is 0 Å². The first-order chi connectivity index (χ1) is 12.6. The summed E-state index contributed by atoms with van der Waals surface area (Å²) in [6.07, 6.45) is 0.000579. The zero-order chi connectivity index (χ0) is 20.0. The summed E-state index contributed by atoms with van der Waals surface area (Å²) in [5.41, 5.74) is 0.347. The Morgan fingerprint density at radius 2 is 1.78 bits per heavy atom. The number of piperazine rings is 1. The normalized spacial score (nSPS) is 15.5. The molecule has 2 rings (SSSR count). The van der Waals surface area contributed by atoms with Crippen molar-refractivity contribution in [2.24, 2.45) is 0 Å². The summed E-state index contributed by atoms with van der Waals surface area (Å²) in [4.78, 5) is 28.1. The van der Waals surface area contributed by atoms with Crippen LogP contribution in [-0.2, 0) is 16.0 Å². The summed E-state index contributed by atoms with van der Waals surface area (Å²) >= 11 is 11.8. The third-order valence-corrected chi connectivity index (χ3v) is 4.86. The molecule has 1 heterocycles. The predicted octanol–water partition coefficient (Wildman–Crippen LogP) is 3.20. The number of carbonyl (C=O) groups excluding carboxylic acids is 2. The fourth-order valence-corrected chi connectivity index (χ4v) is 3.05. The molecule has 0 spiro atoms. The average molecular weight is 416 g/mol. The van der Waals surface area contributed by atoms with Crippen LogP contribution in [0.1, 0.15) is 26.3 Å². The molecule has 0 saturated carbocycles. The van der Waals surface area contributed by atoms with Crippen LogP contribution in [0.4, 0.5) is 4.79 Å². The van der Waals surface area contributed by atoms with E-state index in [9.17, 15) is 9.59 Å². The summed E-state index contributed by atoms with van der Waals surface area (Å²) in [7, 11) is 0. The molecule has 150 valence electrons. The van der Waals surface area contributed by atoms with Gasteiger partial charge in [0, 0.05) is 39.3 Å². The predicted molar refractivity (Wildman–Crippen MR) is 107 cm³/mol. The molecule has 0 radical (unpaired) electrons. The highest BCUT2D eigenvalue weighted by Crippen LogP contribution is 2.22. The summed E-state index contributed by atoms with van der Waals surface area (Å²) < 4.78 is 5.39. The van der Waals surface area contributed by atoms with Crippen LogP contribution in [0, 0.1) is 0 Å². The third-order valence-electron chi connectivity index (χ3n) is 4.12. The summed E-state index contributed by atoms with van der Waals surface area (Å²) in [6.45, 7) is 9.69. The highest BCUT2D eigenvalue weighted by molar-refractivity contribution is 6.42. The molecule has 1 aromatic carbocycles. The second-order valence-electron chi connectivity index (χ2n) is 7.58. The van der Waals surface area contributed by atoms with Crippen LogP contribution in [0.3, 0.4) is 0 Å². The first-order valence-corrected chi connectivity index (χ1v) is 9.80. The lowest BCUT2D eigenvalue weighted by Gasteiger charge is -2.35. The van der Waals surface area contributed by atoms with Gasteiger partial charge in [-0.05, 0) is 38.5 Å². The molecule has 1 aromatic rings. The van der Waals surface area contributed by atoms with Crippen molar-refractivity contribution in [3.8, 4) is 0 Å². The molecule has 1 saturated heterocycles. The Hall–Kier alpha value is -1.50. The molecule has 0 bridgehead atoms. The molecule has 0 atom stereocenters. The molecule has 1 aliphatic rings. The topological polar surface area (TPSA) is 61.9 Å². The molecule has 0 aliphatic carbocycles. The minimum Gasteiger partial charge on any atom is -0.444 e. The minimum atomic E-state index is -0.479. The number of carbonyl (C=O) groups is 2. The maximum absolute atomic E-state index is 12.1. The molecule has 2 amide bonds. The Kier molecular flexibility index (Phi) is 7.77. The number of halogens is 2. The van der Waals surface area contributed by atoms with Crippen molar-refractivity contribution in [2.75, 3.05) is 39.3 Å². The number of hydrogen-bond acceptors (Lipinski definition) is 4. The maximum atomic E-state index is 12.1. The standard InChI is InChI=1S/C19H27Cl2N3O3/c1-19(2,3)27-18(26)24-10-8-23(9-11-24)7-6-22-17(25)13-14-4-5-15(20)16(21)12-14/h4-5,12H,6-11,13H2,1-3H3,(H,22,25). The number of ether oxygens (including phenoxy) is 1. The Morgan fingerprint density at radius 1 is 1.11 bits per heavy atom. The van der Waals surface area contributed by atoms with Crippen LogP contribution >= 0.6 is 23.2 Å². The number of amides is 2. The van der Waals surface area contributed by atoms with Crippen LogP contribution in [0.25, 0.3) is 0 Å². The SMILES string of the molecule is CC(C)(C)OC(=O)N1CCN(CCNC(=O)Cc2ccc(Cl)c(Cl)c2)CC1. The van der Waals surface area contributed by atoms with Crippen molar-refractivity contribution >= 4 is 35.2 Å². The lowest BCUT2D eigenvalue weighted by molar-refractivity contribution is -0.120. The molecular weight excluding hydrogens is 389 g/mol. The number of benzene rings is 1. The van der Waals surface area contributed by atoms with Gasteiger partial charge in [0.1, 0.15) is 5.60 Å². The number of rotatable bonds is 5. The van der Waals surface area contributed by atoms with E-state index in [0.29, 0.717) is 29.7 Å². The van der Waals surface area contributed by atoms with Crippen molar-refractivity contribution in [1.82, 2.24) is 15.1 Å². The first kappa shape index (κ1) is 21.8. The molecule has 1 N–H and O–H groups in total. The fourth-order valence-electron chi connectivity index (χ4n) is 2.73. The summed E-state index contributed by atoms with van der Waals surface area (Å²) in [6, 6.07) is 5.19. The van der Waals surface area contributed by atoms with Gasteiger partial charge < -0.3 is 15.0 Å². The molecule has 0 aromatic heterocycles. The summed E-state index contributed by atoms with van der Waals surface area (Å²) in [5, 5.41) is 3.84. The molecule has 27 heavy (non-hydrogen) atoms. The second kappa shape index (κ2) is 9.62. The smallest absolute Gasteiger partial charge is 0.410 e. The highest BCUT2D eigenvalue weighted by Gasteiger charge is 2.25. The van der Waals surface area contributed by atoms with Gasteiger partial charge in [0.2, 0.25) is 5.91 Å². The van der Waals surface area contributed by atoms with Crippen LogP contribution in [0.5, 0.6) is 0 Å². The van der Waals surface area contributed by atoms with Gasteiger partial charge in [-0.3, -0.25) is 9.69 Å². The Balaban J connectivity index is 1.66. The van der Waals surface area contributed by atoms with E-state index in [1.54, 1.807) is 23.1 Å². The minimum absolute atomic E-state index is 0.0548. The van der Waals surface area contributed by atoms with Crippen LogP contribution < -0.4 is 5.32 Å². The van der Waals surface area contributed by atoms with E-state index in [2.05, 4.69) is 10.2 Å². The van der Waals surface area contributed by atoms with Crippen LogP contribution in [0.2, 0.25) is 10.0 Å². The van der Waals surface area contributed by atoms with Gasteiger partial charge >= 0.3 is 6.09 Å². The molecule has 8 heteroatoms. The maximum Gasteiger partial charge on any atom is 0.410 e. The molecular formula is C19H27Cl2N3O3. The molecule has 0 unspecified atom stereocenters. The van der Waals surface area contributed by atoms with Crippen LogP contribution in [0.15, 0.2) is 18.2 Å². The number of hydrogen-bond donors (Lipinski definition) is 1. The lowest BCUT2D eigenvalue weighted by Crippen LogP contribution is -2.51. The largest absolute Gasteiger partial charge is 0.444 e.